The van der Waals surface area contributed by atoms with Gasteiger partial charge in [0.2, 0.25) is 0 Å². The molecular formula is C15H23NO4. The van der Waals surface area contributed by atoms with E-state index < -0.39 is 12.1 Å². The molecule has 0 saturated carbocycles. The molecule has 0 aliphatic rings. The summed E-state index contributed by atoms with van der Waals surface area (Å²) in [6, 6.07) is 3.35. The van der Waals surface area contributed by atoms with E-state index in [1.807, 2.05) is 26.0 Å². The average molecular weight is 281 g/mol. The van der Waals surface area contributed by atoms with E-state index in [0.717, 1.165) is 22.4 Å². The number of likely N-dealkylation sites (N-methyl/N-ethyl adjacent to an activating group) is 1. The molecule has 1 aromatic carbocycles. The number of aliphatic hydroxyl groups excluding tert-OH is 1. The summed E-state index contributed by atoms with van der Waals surface area (Å²) in [5, 5.41) is 13.5. The van der Waals surface area contributed by atoms with Gasteiger partial charge in [-0.15, -0.1) is 0 Å². The number of hydrogen-bond donors (Lipinski definition) is 2. The molecule has 0 aromatic heterocycles. The van der Waals surface area contributed by atoms with Crippen LogP contribution >= 0.6 is 0 Å². The number of esters is 1. The number of carbonyl (C=O) groups is 1. The maximum atomic E-state index is 11.4. The van der Waals surface area contributed by atoms with Gasteiger partial charge >= 0.3 is 5.97 Å². The molecule has 0 radical (unpaired) electrons. The van der Waals surface area contributed by atoms with Gasteiger partial charge in [-0.05, 0) is 49.7 Å². The quantitative estimate of drug-likeness (QED) is 0.773. The number of ether oxygens (including phenoxy) is 2. The van der Waals surface area contributed by atoms with Crippen LogP contribution in [0.3, 0.4) is 0 Å². The Bertz CT molecular complexity index is 450. The fourth-order valence-electron chi connectivity index (χ4n) is 2.35. The summed E-state index contributed by atoms with van der Waals surface area (Å²) in [6.45, 7) is 3.83. The van der Waals surface area contributed by atoms with Gasteiger partial charge in [0.1, 0.15) is 5.75 Å². The van der Waals surface area contributed by atoms with Crippen LogP contribution in [0.15, 0.2) is 12.1 Å². The van der Waals surface area contributed by atoms with Crippen LogP contribution in [-0.2, 0) is 9.53 Å². The van der Waals surface area contributed by atoms with Crippen LogP contribution in [0.25, 0.3) is 0 Å². The van der Waals surface area contributed by atoms with Crippen molar-refractivity contribution >= 4 is 5.97 Å². The van der Waals surface area contributed by atoms with Crippen molar-refractivity contribution in [2.24, 2.45) is 0 Å². The number of hydrogen-bond acceptors (Lipinski definition) is 5. The van der Waals surface area contributed by atoms with Crippen LogP contribution < -0.4 is 10.1 Å². The van der Waals surface area contributed by atoms with E-state index in [1.54, 1.807) is 14.2 Å². The zero-order chi connectivity index (χ0) is 15.3. The van der Waals surface area contributed by atoms with Crippen molar-refractivity contribution in [2.45, 2.75) is 32.4 Å². The highest BCUT2D eigenvalue weighted by molar-refractivity contribution is 5.70. The molecule has 2 atom stereocenters. The molecule has 2 unspecified atom stereocenters. The highest BCUT2D eigenvalue weighted by atomic mass is 16.5. The van der Waals surface area contributed by atoms with Gasteiger partial charge in [0.05, 0.1) is 26.7 Å². The zero-order valence-corrected chi connectivity index (χ0v) is 12.7. The topological polar surface area (TPSA) is 67.8 Å². The lowest BCUT2D eigenvalue weighted by atomic mass is 9.92. The monoisotopic (exact) mass is 281 g/mol. The second-order valence-corrected chi connectivity index (χ2v) is 4.80. The predicted octanol–water partition coefficient (Wildman–Crippen LogP) is 1.50. The molecule has 0 heterocycles. The fraction of sp³-hybridized carbons (Fsp3) is 0.533. The molecule has 0 bridgehead atoms. The summed E-state index contributed by atoms with van der Waals surface area (Å²) in [7, 11) is 4.66. The molecule has 0 amide bonds. The normalized spacial score (nSPS) is 13.7. The van der Waals surface area contributed by atoms with Crippen molar-refractivity contribution in [3.63, 3.8) is 0 Å². The van der Waals surface area contributed by atoms with E-state index in [2.05, 4.69) is 10.1 Å². The molecule has 0 aliphatic carbocycles. The highest BCUT2D eigenvalue weighted by Gasteiger charge is 2.25. The van der Waals surface area contributed by atoms with Crippen molar-refractivity contribution in [1.82, 2.24) is 5.32 Å². The zero-order valence-electron chi connectivity index (χ0n) is 12.7. The summed E-state index contributed by atoms with van der Waals surface area (Å²) in [6.07, 6.45) is -0.677. The molecule has 0 spiro atoms. The van der Waals surface area contributed by atoms with Gasteiger partial charge < -0.3 is 19.9 Å². The Morgan fingerprint density at radius 2 is 1.85 bits per heavy atom. The standard InChI is InChI=1S/C15H23NO4/c1-9-6-11(19-4)7-10(2)14(9)15(18)12(16-3)8-13(17)20-5/h6-7,12,15-16,18H,8H2,1-5H3. The van der Waals surface area contributed by atoms with Crippen molar-refractivity contribution in [3.8, 4) is 5.75 Å². The molecule has 1 aromatic rings. The molecule has 0 saturated heterocycles. The van der Waals surface area contributed by atoms with Gasteiger partial charge in [-0.1, -0.05) is 0 Å². The minimum absolute atomic E-state index is 0.110. The summed E-state index contributed by atoms with van der Waals surface area (Å²) in [4.78, 5) is 11.4. The third-order valence-electron chi connectivity index (χ3n) is 3.46. The van der Waals surface area contributed by atoms with E-state index in [4.69, 9.17) is 4.74 Å². The second kappa shape index (κ2) is 7.26. The Balaban J connectivity index is 3.06. The van der Waals surface area contributed by atoms with Gasteiger partial charge in [-0.3, -0.25) is 4.79 Å². The molecule has 0 fully saturated rings. The summed E-state index contributed by atoms with van der Waals surface area (Å²) < 4.78 is 9.86. The fourth-order valence-corrected chi connectivity index (χ4v) is 2.35. The van der Waals surface area contributed by atoms with Crippen LogP contribution in [0, 0.1) is 13.8 Å². The summed E-state index contributed by atoms with van der Waals surface area (Å²) in [5.41, 5.74) is 2.67. The maximum absolute atomic E-state index is 11.4. The lowest BCUT2D eigenvalue weighted by Crippen LogP contribution is -2.35. The number of nitrogens with one attached hydrogen (secondary N) is 1. The van der Waals surface area contributed by atoms with Crippen LogP contribution in [0.1, 0.15) is 29.2 Å². The average Bonchev–Trinajstić information content (AvgIpc) is 2.43. The summed E-state index contributed by atoms with van der Waals surface area (Å²) in [5.74, 6) is 0.400. The van der Waals surface area contributed by atoms with Crippen LogP contribution in [0.2, 0.25) is 0 Å². The lowest BCUT2D eigenvalue weighted by Gasteiger charge is -2.25. The largest absolute Gasteiger partial charge is 0.497 e. The third kappa shape index (κ3) is 3.71. The first-order valence-corrected chi connectivity index (χ1v) is 6.51. The molecule has 0 aliphatic heterocycles. The third-order valence-corrected chi connectivity index (χ3v) is 3.46. The van der Waals surface area contributed by atoms with Gasteiger partial charge in [-0.25, -0.2) is 0 Å². The number of rotatable bonds is 6. The molecule has 112 valence electrons. The second-order valence-electron chi connectivity index (χ2n) is 4.80. The first-order valence-electron chi connectivity index (χ1n) is 6.51. The first-order chi connectivity index (χ1) is 9.44. The SMILES string of the molecule is CNC(CC(=O)OC)C(O)c1c(C)cc(OC)cc1C. The van der Waals surface area contributed by atoms with Crippen molar-refractivity contribution < 1.29 is 19.4 Å². The van der Waals surface area contributed by atoms with Crippen molar-refractivity contribution in [2.75, 3.05) is 21.3 Å². The number of carbonyl (C=O) groups excluding carboxylic acids is 1. The summed E-state index contributed by atoms with van der Waals surface area (Å²) >= 11 is 0. The molecule has 20 heavy (non-hydrogen) atoms. The van der Waals surface area contributed by atoms with Gasteiger partial charge in [0.15, 0.2) is 0 Å². The smallest absolute Gasteiger partial charge is 0.307 e. The van der Waals surface area contributed by atoms with Crippen LogP contribution in [0.5, 0.6) is 5.75 Å². The molecule has 2 N–H and O–H groups in total. The minimum atomic E-state index is -0.787. The number of aryl methyl sites for hydroxylation is 2. The van der Waals surface area contributed by atoms with E-state index in [1.165, 1.54) is 7.11 Å². The van der Waals surface area contributed by atoms with E-state index in [-0.39, 0.29) is 12.4 Å². The van der Waals surface area contributed by atoms with Crippen molar-refractivity contribution in [3.05, 3.63) is 28.8 Å². The van der Waals surface area contributed by atoms with Gasteiger partial charge in [0, 0.05) is 6.04 Å². The first kappa shape index (κ1) is 16.5. The van der Waals surface area contributed by atoms with Crippen molar-refractivity contribution in [1.29, 1.82) is 0 Å². The Hall–Kier alpha value is -1.59. The molecule has 5 nitrogen and oxygen atoms in total. The van der Waals surface area contributed by atoms with Gasteiger partial charge in [-0.2, -0.15) is 0 Å². The van der Waals surface area contributed by atoms with Crippen LogP contribution in [-0.4, -0.2) is 38.4 Å². The molecule has 1 rings (SSSR count). The van der Waals surface area contributed by atoms with Crippen LogP contribution in [0.4, 0.5) is 0 Å². The maximum Gasteiger partial charge on any atom is 0.307 e. The Morgan fingerprint density at radius 3 is 2.25 bits per heavy atom. The van der Waals surface area contributed by atoms with Gasteiger partial charge in [0.25, 0.3) is 0 Å². The highest BCUT2D eigenvalue weighted by Crippen LogP contribution is 2.29. The van der Waals surface area contributed by atoms with E-state index in [0.29, 0.717) is 0 Å². The Labute approximate surface area is 119 Å². The molecular weight excluding hydrogens is 258 g/mol. The molecule has 5 heteroatoms. The minimum Gasteiger partial charge on any atom is -0.497 e. The Kier molecular flexibility index (Phi) is 5.98. The number of aliphatic hydroxyl groups is 1. The number of benzene rings is 1. The van der Waals surface area contributed by atoms with E-state index >= 15 is 0 Å². The Morgan fingerprint density at radius 1 is 1.30 bits per heavy atom. The van der Waals surface area contributed by atoms with E-state index in [9.17, 15) is 9.90 Å². The predicted molar refractivity (Wildman–Crippen MR) is 76.9 cm³/mol. The lowest BCUT2D eigenvalue weighted by molar-refractivity contribution is -0.142. The number of methoxy groups -OCH3 is 2.